The Morgan fingerprint density at radius 2 is 1.83 bits per heavy atom. The van der Waals surface area contributed by atoms with Crippen LogP contribution in [0.5, 0.6) is 0 Å². The minimum Gasteiger partial charge on any atom is -0.339 e. The van der Waals surface area contributed by atoms with Crippen LogP contribution in [0.15, 0.2) is 18.5 Å². The van der Waals surface area contributed by atoms with Gasteiger partial charge in [-0.15, -0.1) is 0 Å². The highest BCUT2D eigenvalue weighted by atomic mass is 16.2. The summed E-state index contributed by atoms with van der Waals surface area (Å²) >= 11 is 0. The molecular weight excluding hydrogens is 300 g/mol. The molecule has 1 aromatic heterocycles. The third-order valence-electron chi connectivity index (χ3n) is 5.35. The first-order valence-electron chi connectivity index (χ1n) is 9.34. The van der Waals surface area contributed by atoms with Crippen LogP contribution in [-0.4, -0.2) is 77.9 Å². The molecule has 2 aliphatic rings. The Bertz CT molecular complexity index is 534. The zero-order valence-electron chi connectivity index (χ0n) is 14.9. The van der Waals surface area contributed by atoms with E-state index >= 15 is 0 Å². The molecule has 2 aliphatic heterocycles. The number of hydrogen-bond acceptors (Lipinski definition) is 4. The van der Waals surface area contributed by atoms with Crippen molar-refractivity contribution in [2.75, 3.05) is 52.4 Å². The number of carbonyl (C=O) groups is 1. The second-order valence-corrected chi connectivity index (χ2v) is 7.11. The van der Waals surface area contributed by atoms with Gasteiger partial charge in [0.25, 0.3) is 0 Å². The Balaban J connectivity index is 1.34. The Morgan fingerprint density at radius 3 is 2.54 bits per heavy atom. The molecular formula is C19H30N4O. The Hall–Kier alpha value is -1.46. The van der Waals surface area contributed by atoms with Crippen molar-refractivity contribution in [3.63, 3.8) is 0 Å². The van der Waals surface area contributed by atoms with Gasteiger partial charge in [0.15, 0.2) is 0 Å². The molecule has 5 nitrogen and oxygen atoms in total. The van der Waals surface area contributed by atoms with Crippen LogP contribution in [0.3, 0.4) is 0 Å². The highest BCUT2D eigenvalue weighted by Crippen LogP contribution is 2.11. The van der Waals surface area contributed by atoms with Crippen LogP contribution in [0.25, 0.3) is 0 Å². The fourth-order valence-electron chi connectivity index (χ4n) is 3.70. The lowest BCUT2D eigenvalue weighted by Crippen LogP contribution is -2.51. The van der Waals surface area contributed by atoms with Gasteiger partial charge in [0.1, 0.15) is 0 Å². The van der Waals surface area contributed by atoms with Gasteiger partial charge >= 0.3 is 0 Å². The summed E-state index contributed by atoms with van der Waals surface area (Å²) in [7, 11) is 0. The summed E-state index contributed by atoms with van der Waals surface area (Å²) in [6, 6.07) is 2.08. The minimum absolute atomic E-state index is 0.322. The zero-order valence-corrected chi connectivity index (χ0v) is 14.9. The summed E-state index contributed by atoms with van der Waals surface area (Å²) in [5.41, 5.74) is 2.69. The van der Waals surface area contributed by atoms with Crippen molar-refractivity contribution >= 4 is 5.91 Å². The second-order valence-electron chi connectivity index (χ2n) is 7.11. The molecule has 24 heavy (non-hydrogen) atoms. The SMILES string of the molecule is Cc1ccncc1CCCN1CCN(C(=O)CN2CCCC2)CC1. The molecule has 1 amide bonds. The second kappa shape index (κ2) is 8.58. The van der Waals surface area contributed by atoms with Gasteiger partial charge in [-0.25, -0.2) is 0 Å². The van der Waals surface area contributed by atoms with Crippen molar-refractivity contribution in [2.45, 2.75) is 32.6 Å². The van der Waals surface area contributed by atoms with Gasteiger partial charge in [0.05, 0.1) is 6.54 Å². The summed E-state index contributed by atoms with van der Waals surface area (Å²) in [5, 5.41) is 0. The van der Waals surface area contributed by atoms with E-state index in [1.165, 1.54) is 24.0 Å². The number of carbonyl (C=O) groups excluding carboxylic acids is 1. The number of aromatic nitrogens is 1. The van der Waals surface area contributed by atoms with Crippen molar-refractivity contribution in [3.8, 4) is 0 Å². The standard InChI is InChI=1S/C19H30N4O/c1-17-6-7-20-15-18(17)5-4-10-21-11-13-23(14-12-21)19(24)16-22-8-2-3-9-22/h6-7,15H,2-5,8-14,16H2,1H3. The molecule has 0 atom stereocenters. The van der Waals surface area contributed by atoms with E-state index in [0.29, 0.717) is 12.5 Å². The molecule has 2 saturated heterocycles. The normalized spacial score (nSPS) is 19.8. The van der Waals surface area contributed by atoms with Gasteiger partial charge in [-0.2, -0.15) is 0 Å². The summed E-state index contributed by atoms with van der Waals surface area (Å²) in [6.07, 6.45) is 8.60. The molecule has 132 valence electrons. The lowest BCUT2D eigenvalue weighted by atomic mass is 10.1. The van der Waals surface area contributed by atoms with E-state index in [0.717, 1.165) is 58.7 Å². The molecule has 1 aromatic rings. The number of hydrogen-bond donors (Lipinski definition) is 0. The summed E-state index contributed by atoms with van der Waals surface area (Å²) in [5.74, 6) is 0.322. The quantitative estimate of drug-likeness (QED) is 0.794. The predicted octanol–water partition coefficient (Wildman–Crippen LogP) is 1.56. The average Bonchev–Trinajstić information content (AvgIpc) is 3.10. The lowest BCUT2D eigenvalue weighted by molar-refractivity contribution is -0.133. The number of piperazine rings is 1. The topological polar surface area (TPSA) is 39.7 Å². The fraction of sp³-hybridized carbons (Fsp3) is 0.684. The van der Waals surface area contributed by atoms with Crippen molar-refractivity contribution in [1.29, 1.82) is 0 Å². The molecule has 0 saturated carbocycles. The van der Waals surface area contributed by atoms with Gasteiger partial charge < -0.3 is 4.90 Å². The van der Waals surface area contributed by atoms with Crippen LogP contribution >= 0.6 is 0 Å². The Kier molecular flexibility index (Phi) is 6.21. The first kappa shape index (κ1) is 17.4. The lowest BCUT2D eigenvalue weighted by Gasteiger charge is -2.35. The Labute approximate surface area is 145 Å². The van der Waals surface area contributed by atoms with Gasteiger partial charge in [0.2, 0.25) is 5.91 Å². The van der Waals surface area contributed by atoms with Crippen LogP contribution in [0.2, 0.25) is 0 Å². The van der Waals surface area contributed by atoms with E-state index in [1.807, 2.05) is 12.4 Å². The number of likely N-dealkylation sites (tertiary alicyclic amines) is 1. The van der Waals surface area contributed by atoms with Crippen molar-refractivity contribution in [3.05, 3.63) is 29.6 Å². The number of nitrogens with zero attached hydrogens (tertiary/aromatic N) is 4. The maximum absolute atomic E-state index is 12.4. The van der Waals surface area contributed by atoms with Crippen molar-refractivity contribution < 1.29 is 4.79 Å². The summed E-state index contributed by atoms with van der Waals surface area (Å²) < 4.78 is 0. The minimum atomic E-state index is 0.322. The monoisotopic (exact) mass is 330 g/mol. The maximum Gasteiger partial charge on any atom is 0.236 e. The molecule has 3 heterocycles. The zero-order chi connectivity index (χ0) is 16.8. The smallest absolute Gasteiger partial charge is 0.236 e. The molecule has 0 aromatic carbocycles. The van der Waals surface area contributed by atoms with Crippen molar-refractivity contribution in [2.24, 2.45) is 0 Å². The Morgan fingerprint density at radius 1 is 1.08 bits per heavy atom. The third-order valence-corrected chi connectivity index (χ3v) is 5.35. The van der Waals surface area contributed by atoms with E-state index in [4.69, 9.17) is 0 Å². The molecule has 5 heteroatoms. The van der Waals surface area contributed by atoms with Gasteiger partial charge in [-0.05, 0) is 69.4 Å². The van der Waals surface area contributed by atoms with Gasteiger partial charge in [-0.3, -0.25) is 19.6 Å². The number of aryl methyl sites for hydroxylation is 2. The van der Waals surface area contributed by atoms with E-state index in [1.54, 1.807) is 0 Å². The molecule has 0 N–H and O–H groups in total. The van der Waals surface area contributed by atoms with Crippen LogP contribution in [-0.2, 0) is 11.2 Å². The maximum atomic E-state index is 12.4. The number of rotatable bonds is 6. The fourth-order valence-corrected chi connectivity index (χ4v) is 3.70. The molecule has 0 bridgehead atoms. The van der Waals surface area contributed by atoms with Crippen LogP contribution in [0, 0.1) is 6.92 Å². The van der Waals surface area contributed by atoms with Crippen LogP contribution in [0.4, 0.5) is 0 Å². The largest absolute Gasteiger partial charge is 0.339 e. The van der Waals surface area contributed by atoms with Crippen molar-refractivity contribution in [1.82, 2.24) is 19.7 Å². The number of amides is 1. The molecule has 2 fully saturated rings. The predicted molar refractivity (Wildman–Crippen MR) is 96.0 cm³/mol. The number of pyridine rings is 1. The summed E-state index contributed by atoms with van der Waals surface area (Å²) in [4.78, 5) is 23.4. The van der Waals surface area contributed by atoms with E-state index < -0.39 is 0 Å². The van der Waals surface area contributed by atoms with E-state index in [-0.39, 0.29) is 0 Å². The van der Waals surface area contributed by atoms with Crippen LogP contribution in [0.1, 0.15) is 30.4 Å². The molecule has 0 radical (unpaired) electrons. The highest BCUT2D eigenvalue weighted by molar-refractivity contribution is 5.78. The molecule has 3 rings (SSSR count). The third kappa shape index (κ3) is 4.77. The van der Waals surface area contributed by atoms with Crippen LogP contribution < -0.4 is 0 Å². The molecule has 0 aliphatic carbocycles. The van der Waals surface area contributed by atoms with Gasteiger partial charge in [-0.1, -0.05) is 0 Å². The summed E-state index contributed by atoms with van der Waals surface area (Å²) in [6.45, 7) is 9.89. The van der Waals surface area contributed by atoms with Gasteiger partial charge in [0, 0.05) is 38.6 Å². The average molecular weight is 330 g/mol. The highest BCUT2D eigenvalue weighted by Gasteiger charge is 2.23. The first-order chi connectivity index (χ1) is 11.7. The van der Waals surface area contributed by atoms with E-state index in [9.17, 15) is 4.79 Å². The molecule has 0 unspecified atom stereocenters. The molecule has 0 spiro atoms. The first-order valence-corrected chi connectivity index (χ1v) is 9.34. The van der Waals surface area contributed by atoms with E-state index in [2.05, 4.69) is 32.7 Å².